The summed E-state index contributed by atoms with van der Waals surface area (Å²) in [4.78, 5) is 24.8. The third-order valence-electron chi connectivity index (χ3n) is 2.91. The van der Waals surface area contributed by atoms with Gasteiger partial charge in [-0.3, -0.25) is 14.5 Å². The maximum Gasteiger partial charge on any atom is 0.233 e. The van der Waals surface area contributed by atoms with E-state index in [2.05, 4.69) is 26.8 Å². The second kappa shape index (κ2) is 5.65. The summed E-state index contributed by atoms with van der Waals surface area (Å²) in [6, 6.07) is 0. The Balaban J connectivity index is 2.68. The first-order valence-corrected chi connectivity index (χ1v) is 6.38. The zero-order valence-corrected chi connectivity index (χ0v) is 11.7. The fraction of sp³-hybridized carbons (Fsp3) is 0.714. The van der Waals surface area contributed by atoms with Gasteiger partial charge in [-0.2, -0.15) is 0 Å². The van der Waals surface area contributed by atoms with Gasteiger partial charge in [-0.1, -0.05) is 32.4 Å². The van der Waals surface area contributed by atoms with Crippen LogP contribution in [0.5, 0.6) is 0 Å². The highest BCUT2D eigenvalue weighted by Gasteiger charge is 2.37. The maximum atomic E-state index is 12.0. The topological polar surface area (TPSA) is 57.6 Å². The predicted octanol–water partition coefficient (Wildman–Crippen LogP) is 1.74. The summed E-state index contributed by atoms with van der Waals surface area (Å²) in [7, 11) is 0. The molecule has 0 aliphatic carbocycles. The minimum Gasteiger partial charge on any atom is -0.395 e. The lowest BCUT2D eigenvalue weighted by molar-refractivity contribution is -0.139. The molecule has 102 valence electrons. The normalized spacial score (nSPS) is 21.9. The van der Waals surface area contributed by atoms with Gasteiger partial charge in [-0.25, -0.2) is 0 Å². The van der Waals surface area contributed by atoms with Gasteiger partial charge >= 0.3 is 0 Å². The number of amides is 2. The van der Waals surface area contributed by atoms with Crippen molar-refractivity contribution in [3.63, 3.8) is 0 Å². The van der Waals surface area contributed by atoms with Crippen LogP contribution in [-0.4, -0.2) is 35.0 Å². The van der Waals surface area contributed by atoms with E-state index < -0.39 is 0 Å². The molecule has 4 heteroatoms. The Morgan fingerprint density at radius 2 is 2.06 bits per heavy atom. The van der Waals surface area contributed by atoms with Crippen LogP contribution >= 0.6 is 0 Å². The third kappa shape index (κ3) is 3.95. The molecule has 0 aromatic rings. The van der Waals surface area contributed by atoms with Gasteiger partial charge in [0.2, 0.25) is 11.8 Å². The number of imide groups is 1. The number of allylic oxidation sites excluding steroid dienone is 2. The van der Waals surface area contributed by atoms with Gasteiger partial charge in [-0.05, 0) is 18.8 Å². The smallest absolute Gasteiger partial charge is 0.233 e. The lowest BCUT2D eigenvalue weighted by Crippen LogP contribution is -2.33. The van der Waals surface area contributed by atoms with Crippen molar-refractivity contribution < 1.29 is 14.7 Å². The van der Waals surface area contributed by atoms with Gasteiger partial charge in [0.25, 0.3) is 0 Å². The molecular weight excluding hydrogens is 230 g/mol. The first-order valence-electron chi connectivity index (χ1n) is 6.38. The number of likely N-dealkylation sites (tertiary alicyclic amines) is 1. The van der Waals surface area contributed by atoms with Crippen LogP contribution in [0.3, 0.4) is 0 Å². The highest BCUT2D eigenvalue weighted by atomic mass is 16.3. The molecular formula is C14H23NO3. The van der Waals surface area contributed by atoms with Gasteiger partial charge in [-0.15, -0.1) is 0 Å². The molecule has 1 atom stereocenters. The number of hydrogen-bond donors (Lipinski definition) is 1. The van der Waals surface area contributed by atoms with E-state index in [1.54, 1.807) is 0 Å². The van der Waals surface area contributed by atoms with Crippen LogP contribution in [0.2, 0.25) is 0 Å². The molecule has 0 bridgehead atoms. The SMILES string of the molecule is C/C(=C\C(C)(C)C)CC1CC(=O)N(CCO)C1=O. The minimum absolute atomic E-state index is 0.0839. The van der Waals surface area contributed by atoms with Crippen LogP contribution in [0.4, 0.5) is 0 Å². The summed E-state index contributed by atoms with van der Waals surface area (Å²) < 4.78 is 0. The molecule has 1 unspecified atom stereocenters. The highest BCUT2D eigenvalue weighted by Crippen LogP contribution is 2.27. The van der Waals surface area contributed by atoms with Crippen molar-refractivity contribution >= 4 is 11.8 Å². The Labute approximate surface area is 109 Å². The molecule has 1 rings (SSSR count). The zero-order valence-electron chi connectivity index (χ0n) is 11.7. The highest BCUT2D eigenvalue weighted by molar-refractivity contribution is 6.03. The Morgan fingerprint density at radius 3 is 2.56 bits per heavy atom. The van der Waals surface area contributed by atoms with Crippen LogP contribution < -0.4 is 0 Å². The quantitative estimate of drug-likeness (QED) is 0.613. The summed E-state index contributed by atoms with van der Waals surface area (Å²) in [6.45, 7) is 8.28. The second-order valence-electron chi connectivity index (χ2n) is 6.07. The summed E-state index contributed by atoms with van der Waals surface area (Å²) in [6.07, 6.45) is 3.04. The molecule has 0 radical (unpaired) electrons. The molecule has 1 heterocycles. The number of β-amino-alcohol motifs (C(OH)–C–C–N with tert-alkyl or cyclic N) is 1. The van der Waals surface area contributed by atoms with Crippen molar-refractivity contribution in [3.8, 4) is 0 Å². The number of aliphatic hydroxyl groups is 1. The Morgan fingerprint density at radius 1 is 1.44 bits per heavy atom. The number of aliphatic hydroxyl groups excluding tert-OH is 1. The van der Waals surface area contributed by atoms with Crippen molar-refractivity contribution in [2.45, 2.75) is 40.5 Å². The van der Waals surface area contributed by atoms with E-state index in [0.29, 0.717) is 6.42 Å². The average Bonchev–Trinajstić information content (AvgIpc) is 2.43. The summed E-state index contributed by atoms with van der Waals surface area (Å²) in [5.74, 6) is -0.555. The van der Waals surface area contributed by atoms with E-state index in [9.17, 15) is 9.59 Å². The molecule has 1 N–H and O–H groups in total. The Hall–Kier alpha value is -1.16. The zero-order chi connectivity index (χ0) is 13.9. The van der Waals surface area contributed by atoms with Crippen LogP contribution in [0.15, 0.2) is 11.6 Å². The summed E-state index contributed by atoms with van der Waals surface area (Å²) >= 11 is 0. The number of nitrogens with zero attached hydrogens (tertiary/aromatic N) is 1. The second-order valence-corrected chi connectivity index (χ2v) is 6.07. The molecule has 18 heavy (non-hydrogen) atoms. The van der Waals surface area contributed by atoms with Gasteiger partial charge in [0.15, 0.2) is 0 Å². The Bertz CT molecular complexity index is 366. The number of rotatable bonds is 4. The predicted molar refractivity (Wildman–Crippen MR) is 69.7 cm³/mol. The van der Waals surface area contributed by atoms with Crippen molar-refractivity contribution in [3.05, 3.63) is 11.6 Å². The molecule has 1 saturated heterocycles. The molecule has 0 aromatic carbocycles. The molecule has 0 saturated carbocycles. The third-order valence-corrected chi connectivity index (χ3v) is 2.91. The molecule has 0 spiro atoms. The fourth-order valence-electron chi connectivity index (χ4n) is 2.43. The summed E-state index contributed by atoms with van der Waals surface area (Å²) in [5.41, 5.74) is 1.22. The summed E-state index contributed by atoms with van der Waals surface area (Å²) in [5, 5.41) is 8.83. The van der Waals surface area contributed by atoms with E-state index in [1.165, 1.54) is 4.90 Å². The Kier molecular flexibility index (Phi) is 4.68. The maximum absolute atomic E-state index is 12.0. The van der Waals surface area contributed by atoms with Crippen LogP contribution in [0.25, 0.3) is 0 Å². The van der Waals surface area contributed by atoms with Crippen molar-refractivity contribution in [1.82, 2.24) is 4.90 Å². The molecule has 1 aliphatic heterocycles. The van der Waals surface area contributed by atoms with Gasteiger partial charge in [0.05, 0.1) is 19.1 Å². The van der Waals surface area contributed by atoms with E-state index in [4.69, 9.17) is 5.11 Å². The first-order chi connectivity index (χ1) is 8.24. The van der Waals surface area contributed by atoms with E-state index in [0.717, 1.165) is 5.57 Å². The molecule has 2 amide bonds. The minimum atomic E-state index is -0.248. The number of hydrogen-bond acceptors (Lipinski definition) is 3. The van der Waals surface area contributed by atoms with Crippen molar-refractivity contribution in [2.24, 2.45) is 11.3 Å². The average molecular weight is 253 g/mol. The molecule has 1 aliphatic rings. The lowest BCUT2D eigenvalue weighted by Gasteiger charge is -2.16. The van der Waals surface area contributed by atoms with Crippen LogP contribution in [-0.2, 0) is 9.59 Å². The molecule has 0 aromatic heterocycles. The number of carbonyl (C=O) groups excluding carboxylic acids is 2. The standard InChI is InChI=1S/C14H23NO3/c1-10(9-14(2,3)4)7-11-8-12(17)15(5-6-16)13(11)18/h9,11,16H,5-8H2,1-4H3/b10-9+. The van der Waals surface area contributed by atoms with Crippen LogP contribution in [0.1, 0.15) is 40.5 Å². The van der Waals surface area contributed by atoms with Crippen LogP contribution in [0, 0.1) is 11.3 Å². The molecule has 4 nitrogen and oxygen atoms in total. The van der Waals surface area contributed by atoms with E-state index in [-0.39, 0.29) is 42.7 Å². The van der Waals surface area contributed by atoms with Gasteiger partial charge in [0.1, 0.15) is 0 Å². The monoisotopic (exact) mass is 253 g/mol. The van der Waals surface area contributed by atoms with Crippen molar-refractivity contribution in [2.75, 3.05) is 13.2 Å². The number of carbonyl (C=O) groups is 2. The van der Waals surface area contributed by atoms with Gasteiger partial charge in [0, 0.05) is 6.42 Å². The fourth-order valence-corrected chi connectivity index (χ4v) is 2.43. The van der Waals surface area contributed by atoms with Gasteiger partial charge < -0.3 is 5.11 Å². The van der Waals surface area contributed by atoms with E-state index >= 15 is 0 Å². The molecule has 1 fully saturated rings. The van der Waals surface area contributed by atoms with Crippen molar-refractivity contribution in [1.29, 1.82) is 0 Å². The lowest BCUT2D eigenvalue weighted by atomic mass is 9.90. The first kappa shape index (κ1) is 14.9. The largest absolute Gasteiger partial charge is 0.395 e. The van der Waals surface area contributed by atoms with E-state index in [1.807, 2.05) is 6.92 Å².